The maximum absolute atomic E-state index is 10.2. The van der Waals surface area contributed by atoms with Gasteiger partial charge in [-0.2, -0.15) is 5.10 Å². The summed E-state index contributed by atoms with van der Waals surface area (Å²) in [7, 11) is 0. The molecule has 128 valence electrons. The molecule has 0 bridgehead atoms. The van der Waals surface area contributed by atoms with Gasteiger partial charge in [0.25, 0.3) is 0 Å². The minimum absolute atomic E-state index is 0.183. The topological polar surface area (TPSA) is 64.9 Å². The summed E-state index contributed by atoms with van der Waals surface area (Å²) in [5.74, 6) is 0.418. The highest BCUT2D eigenvalue weighted by atomic mass is 16.3. The fourth-order valence-electron chi connectivity index (χ4n) is 3.16. The van der Waals surface area contributed by atoms with Gasteiger partial charge in [0.05, 0.1) is 12.8 Å². The first-order valence-electron chi connectivity index (χ1n) is 8.40. The standard InChI is InChI=1S/C22H18N2O2/c25-21-11-9-15-5-1-3-7-17(15)19(21)13-23-24-14-20-18-8-4-2-6-16(18)10-12-22(20)26/h1-13,24-26H,14H2. The third kappa shape index (κ3) is 2.93. The summed E-state index contributed by atoms with van der Waals surface area (Å²) in [5.41, 5.74) is 4.43. The Balaban J connectivity index is 1.60. The molecule has 4 rings (SSSR count). The van der Waals surface area contributed by atoms with Crippen LogP contribution in [0.2, 0.25) is 0 Å². The Kier molecular flexibility index (Phi) is 4.15. The first-order valence-corrected chi connectivity index (χ1v) is 8.40. The van der Waals surface area contributed by atoms with Gasteiger partial charge in [-0.05, 0) is 33.7 Å². The van der Waals surface area contributed by atoms with E-state index >= 15 is 0 Å². The van der Waals surface area contributed by atoms with Crippen molar-refractivity contribution in [3.63, 3.8) is 0 Å². The van der Waals surface area contributed by atoms with Crippen LogP contribution in [-0.2, 0) is 6.54 Å². The van der Waals surface area contributed by atoms with E-state index in [-0.39, 0.29) is 11.5 Å². The maximum Gasteiger partial charge on any atom is 0.125 e. The number of fused-ring (bicyclic) bond motifs is 2. The number of benzene rings is 4. The van der Waals surface area contributed by atoms with E-state index in [0.29, 0.717) is 12.1 Å². The number of phenolic OH excluding ortho intramolecular Hbond substituents is 2. The van der Waals surface area contributed by atoms with Gasteiger partial charge in [-0.25, -0.2) is 0 Å². The van der Waals surface area contributed by atoms with Crippen molar-refractivity contribution in [3.8, 4) is 11.5 Å². The predicted molar refractivity (Wildman–Crippen MR) is 106 cm³/mol. The van der Waals surface area contributed by atoms with Gasteiger partial charge in [0.15, 0.2) is 0 Å². The first kappa shape index (κ1) is 16.0. The Labute approximate surface area is 151 Å². The van der Waals surface area contributed by atoms with Crippen molar-refractivity contribution in [1.29, 1.82) is 0 Å². The van der Waals surface area contributed by atoms with Crippen molar-refractivity contribution in [2.75, 3.05) is 0 Å². The number of nitrogens with one attached hydrogen (secondary N) is 1. The Morgan fingerprint density at radius 2 is 1.35 bits per heavy atom. The normalized spacial score (nSPS) is 11.4. The van der Waals surface area contributed by atoms with E-state index in [4.69, 9.17) is 0 Å². The zero-order valence-electron chi connectivity index (χ0n) is 14.1. The molecule has 0 heterocycles. The number of hydrogen-bond donors (Lipinski definition) is 3. The zero-order chi connectivity index (χ0) is 17.9. The van der Waals surface area contributed by atoms with Crippen LogP contribution >= 0.6 is 0 Å². The van der Waals surface area contributed by atoms with Crippen LogP contribution in [0.5, 0.6) is 11.5 Å². The molecule has 4 heteroatoms. The van der Waals surface area contributed by atoms with Crippen LogP contribution in [0.4, 0.5) is 0 Å². The Bertz CT molecular complexity index is 1120. The third-order valence-corrected chi connectivity index (χ3v) is 4.50. The summed E-state index contributed by atoms with van der Waals surface area (Å²) in [6.45, 7) is 0.384. The lowest BCUT2D eigenvalue weighted by molar-refractivity contribution is 0.466. The van der Waals surface area contributed by atoms with Crippen LogP contribution in [0, 0.1) is 0 Å². The van der Waals surface area contributed by atoms with Gasteiger partial charge in [-0.15, -0.1) is 0 Å². The number of hydrogen-bond acceptors (Lipinski definition) is 4. The molecular weight excluding hydrogens is 324 g/mol. The molecule has 0 saturated heterocycles. The van der Waals surface area contributed by atoms with Crippen molar-refractivity contribution in [2.24, 2.45) is 5.10 Å². The van der Waals surface area contributed by atoms with E-state index in [1.54, 1.807) is 18.3 Å². The van der Waals surface area contributed by atoms with Crippen LogP contribution < -0.4 is 5.43 Å². The van der Waals surface area contributed by atoms with E-state index < -0.39 is 0 Å². The molecule has 0 aliphatic carbocycles. The first-order chi connectivity index (χ1) is 12.7. The molecule has 0 aromatic heterocycles. The number of nitrogens with zero attached hydrogens (tertiary/aromatic N) is 1. The fourth-order valence-corrected chi connectivity index (χ4v) is 3.16. The van der Waals surface area contributed by atoms with Crippen LogP contribution in [0.15, 0.2) is 77.9 Å². The maximum atomic E-state index is 10.2. The summed E-state index contributed by atoms with van der Waals surface area (Å²) >= 11 is 0. The number of phenols is 2. The second kappa shape index (κ2) is 6.76. The quantitative estimate of drug-likeness (QED) is 0.377. The van der Waals surface area contributed by atoms with Crippen molar-refractivity contribution < 1.29 is 10.2 Å². The van der Waals surface area contributed by atoms with Crippen LogP contribution in [0.25, 0.3) is 21.5 Å². The van der Waals surface area contributed by atoms with Gasteiger partial charge in [-0.1, -0.05) is 60.7 Å². The lowest BCUT2D eigenvalue weighted by Gasteiger charge is -2.09. The summed E-state index contributed by atoms with van der Waals surface area (Å²) < 4.78 is 0. The minimum atomic E-state index is 0.183. The number of aromatic hydroxyl groups is 2. The minimum Gasteiger partial charge on any atom is -0.508 e. The van der Waals surface area contributed by atoms with E-state index in [1.165, 1.54) is 0 Å². The average Bonchev–Trinajstić information content (AvgIpc) is 2.68. The van der Waals surface area contributed by atoms with Crippen LogP contribution in [0.3, 0.4) is 0 Å². The highest BCUT2D eigenvalue weighted by Gasteiger charge is 2.07. The second-order valence-electron chi connectivity index (χ2n) is 6.10. The predicted octanol–water partition coefficient (Wildman–Crippen LogP) is 4.53. The highest BCUT2D eigenvalue weighted by Crippen LogP contribution is 2.27. The molecule has 0 spiro atoms. The second-order valence-corrected chi connectivity index (χ2v) is 6.10. The summed E-state index contributed by atoms with van der Waals surface area (Å²) in [5, 5.41) is 28.6. The molecule has 0 saturated carbocycles. The number of rotatable bonds is 4. The largest absolute Gasteiger partial charge is 0.508 e. The number of hydrazone groups is 1. The average molecular weight is 342 g/mol. The van der Waals surface area contributed by atoms with E-state index in [9.17, 15) is 10.2 Å². The highest BCUT2D eigenvalue weighted by molar-refractivity contribution is 6.02. The molecule has 4 aromatic carbocycles. The lowest BCUT2D eigenvalue weighted by Crippen LogP contribution is -2.06. The van der Waals surface area contributed by atoms with Crippen molar-refractivity contribution in [1.82, 2.24) is 5.43 Å². The SMILES string of the molecule is Oc1ccc2ccccc2c1C=NNCc1c(O)ccc2ccccc12. The third-order valence-electron chi connectivity index (χ3n) is 4.50. The summed E-state index contributed by atoms with van der Waals surface area (Å²) in [6, 6.07) is 22.9. The summed E-state index contributed by atoms with van der Waals surface area (Å²) in [4.78, 5) is 0. The monoisotopic (exact) mass is 342 g/mol. The van der Waals surface area contributed by atoms with Crippen molar-refractivity contribution >= 4 is 27.8 Å². The van der Waals surface area contributed by atoms with E-state index in [1.807, 2.05) is 60.7 Å². The van der Waals surface area contributed by atoms with Crippen LogP contribution in [0.1, 0.15) is 11.1 Å². The molecule has 0 unspecified atom stereocenters. The molecule has 26 heavy (non-hydrogen) atoms. The van der Waals surface area contributed by atoms with Gasteiger partial charge in [-0.3, -0.25) is 0 Å². The summed E-state index contributed by atoms with van der Waals surface area (Å²) in [6.07, 6.45) is 1.61. The molecule has 0 radical (unpaired) electrons. The van der Waals surface area contributed by atoms with Gasteiger partial charge in [0, 0.05) is 11.1 Å². The Morgan fingerprint density at radius 3 is 2.12 bits per heavy atom. The van der Waals surface area contributed by atoms with E-state index in [0.717, 1.165) is 27.1 Å². The molecule has 4 nitrogen and oxygen atoms in total. The smallest absolute Gasteiger partial charge is 0.125 e. The van der Waals surface area contributed by atoms with Crippen molar-refractivity contribution in [3.05, 3.63) is 83.9 Å². The van der Waals surface area contributed by atoms with E-state index in [2.05, 4.69) is 10.5 Å². The zero-order valence-corrected chi connectivity index (χ0v) is 14.1. The Hall–Kier alpha value is -3.53. The van der Waals surface area contributed by atoms with Gasteiger partial charge >= 0.3 is 0 Å². The van der Waals surface area contributed by atoms with Gasteiger partial charge in [0.1, 0.15) is 11.5 Å². The van der Waals surface area contributed by atoms with Crippen LogP contribution in [-0.4, -0.2) is 16.4 Å². The molecular formula is C22H18N2O2. The molecule has 0 amide bonds. The molecule has 0 fully saturated rings. The molecule has 0 atom stereocenters. The lowest BCUT2D eigenvalue weighted by atomic mass is 10.0. The molecule has 0 aliphatic rings. The molecule has 4 aromatic rings. The fraction of sp³-hybridized carbons (Fsp3) is 0.0455. The molecule has 3 N–H and O–H groups in total. The van der Waals surface area contributed by atoms with Gasteiger partial charge in [0.2, 0.25) is 0 Å². The van der Waals surface area contributed by atoms with Gasteiger partial charge < -0.3 is 15.6 Å². The molecule has 0 aliphatic heterocycles. The van der Waals surface area contributed by atoms with Crippen molar-refractivity contribution in [2.45, 2.75) is 6.54 Å². The Morgan fingerprint density at radius 1 is 0.731 bits per heavy atom.